The predicted molar refractivity (Wildman–Crippen MR) is 86.0 cm³/mol. The summed E-state index contributed by atoms with van der Waals surface area (Å²) in [6, 6.07) is 13.8. The van der Waals surface area contributed by atoms with Gasteiger partial charge in [-0.3, -0.25) is 9.59 Å². The number of carbonyl (C=O) groups excluding carboxylic acids is 3. The molecule has 0 unspecified atom stereocenters. The maximum absolute atomic E-state index is 12.3. The summed E-state index contributed by atoms with van der Waals surface area (Å²) in [6.07, 6.45) is 0.698. The molecule has 1 saturated heterocycles. The van der Waals surface area contributed by atoms with Crippen LogP contribution in [0.1, 0.15) is 25.3 Å². The highest BCUT2D eigenvalue weighted by atomic mass is 16.5. The van der Waals surface area contributed by atoms with Gasteiger partial charge in [0.15, 0.2) is 12.4 Å². The van der Waals surface area contributed by atoms with Crippen LogP contribution >= 0.6 is 0 Å². The van der Waals surface area contributed by atoms with E-state index in [-0.39, 0.29) is 37.4 Å². The van der Waals surface area contributed by atoms with Crippen LogP contribution in [0.25, 0.3) is 10.8 Å². The number of cyclic esters (lactones) is 1. The van der Waals surface area contributed by atoms with Gasteiger partial charge in [-0.2, -0.15) is 0 Å². The Morgan fingerprint density at radius 3 is 2.52 bits per heavy atom. The summed E-state index contributed by atoms with van der Waals surface area (Å²) in [5.74, 6) is -0.760. The number of ether oxygens (including phenoxy) is 1. The van der Waals surface area contributed by atoms with Gasteiger partial charge in [0.25, 0.3) is 0 Å². The van der Waals surface area contributed by atoms with Crippen LogP contribution in [0.3, 0.4) is 0 Å². The molecule has 1 aliphatic rings. The van der Waals surface area contributed by atoms with Gasteiger partial charge in [-0.15, -0.1) is 0 Å². The van der Waals surface area contributed by atoms with Gasteiger partial charge in [0, 0.05) is 6.42 Å². The molecule has 1 atom stereocenters. The van der Waals surface area contributed by atoms with Crippen LogP contribution in [0.4, 0.5) is 0 Å². The van der Waals surface area contributed by atoms with E-state index in [1.165, 1.54) is 6.92 Å². The molecule has 0 spiro atoms. The van der Waals surface area contributed by atoms with E-state index in [9.17, 15) is 14.4 Å². The van der Waals surface area contributed by atoms with Crippen molar-refractivity contribution in [3.05, 3.63) is 48.0 Å². The maximum atomic E-state index is 12.3. The van der Waals surface area contributed by atoms with Crippen molar-refractivity contribution in [3.63, 3.8) is 0 Å². The second-order valence-electron chi connectivity index (χ2n) is 6.14. The van der Waals surface area contributed by atoms with Gasteiger partial charge in [-0.1, -0.05) is 42.5 Å². The molecule has 0 amide bonds. The third-order valence-corrected chi connectivity index (χ3v) is 4.48. The number of hydrogen-bond acceptors (Lipinski definition) is 4. The lowest BCUT2D eigenvalue weighted by atomic mass is 9.75. The van der Waals surface area contributed by atoms with Crippen molar-refractivity contribution in [3.8, 4) is 0 Å². The summed E-state index contributed by atoms with van der Waals surface area (Å²) < 4.78 is 4.97. The minimum absolute atomic E-state index is 0.0320. The largest absolute Gasteiger partial charge is 0.457 e. The molecule has 4 nitrogen and oxygen atoms in total. The molecular weight excluding hydrogens is 292 g/mol. The van der Waals surface area contributed by atoms with Crippen LogP contribution in [0.2, 0.25) is 0 Å². The fraction of sp³-hybridized carbons (Fsp3) is 0.316. The van der Waals surface area contributed by atoms with Crippen LogP contribution in [0, 0.1) is 5.41 Å². The van der Waals surface area contributed by atoms with E-state index in [2.05, 4.69) is 0 Å². The normalized spacial score (nSPS) is 20.7. The standard InChI is InChI=1S/C19H18O4/c1-13(20)8-9-19(17(21)12-23-18(19)22)11-14-6-7-15-4-2-3-5-16(15)10-14/h2-7,10H,8-9,11-12H2,1H3/t19-/m1/s1. The number of carbonyl (C=O) groups is 3. The zero-order chi connectivity index (χ0) is 16.4. The summed E-state index contributed by atoms with van der Waals surface area (Å²) in [6.45, 7) is 1.28. The SMILES string of the molecule is CC(=O)CC[C@@]1(Cc2ccc3ccccc3c2)C(=O)COC1=O. The van der Waals surface area contributed by atoms with Gasteiger partial charge < -0.3 is 9.53 Å². The maximum Gasteiger partial charge on any atom is 0.320 e. The average Bonchev–Trinajstić information content (AvgIpc) is 2.81. The van der Waals surface area contributed by atoms with Gasteiger partial charge in [0.2, 0.25) is 0 Å². The lowest BCUT2D eigenvalue weighted by Gasteiger charge is -2.22. The first-order chi connectivity index (χ1) is 11.0. The minimum atomic E-state index is -1.21. The van der Waals surface area contributed by atoms with Crippen molar-refractivity contribution in [2.75, 3.05) is 6.61 Å². The number of rotatable bonds is 5. The molecule has 1 aliphatic heterocycles. The Morgan fingerprint density at radius 2 is 1.87 bits per heavy atom. The van der Waals surface area contributed by atoms with E-state index in [0.717, 1.165) is 16.3 Å². The lowest BCUT2D eigenvalue weighted by molar-refractivity contribution is -0.147. The van der Waals surface area contributed by atoms with Crippen molar-refractivity contribution in [2.45, 2.75) is 26.2 Å². The molecule has 4 heteroatoms. The van der Waals surface area contributed by atoms with E-state index in [0.29, 0.717) is 0 Å². The van der Waals surface area contributed by atoms with Crippen LogP contribution < -0.4 is 0 Å². The molecule has 0 saturated carbocycles. The van der Waals surface area contributed by atoms with E-state index in [4.69, 9.17) is 4.74 Å². The summed E-state index contributed by atoms with van der Waals surface area (Å²) in [5, 5.41) is 2.17. The molecule has 2 aromatic rings. The highest BCUT2D eigenvalue weighted by molar-refractivity contribution is 6.09. The first-order valence-corrected chi connectivity index (χ1v) is 7.69. The second-order valence-corrected chi connectivity index (χ2v) is 6.14. The third kappa shape index (κ3) is 2.89. The van der Waals surface area contributed by atoms with Gasteiger partial charge in [0.1, 0.15) is 11.2 Å². The lowest BCUT2D eigenvalue weighted by Crippen LogP contribution is -2.36. The van der Waals surface area contributed by atoms with Gasteiger partial charge in [-0.05, 0) is 36.1 Å². The average molecular weight is 310 g/mol. The quantitative estimate of drug-likeness (QED) is 0.629. The van der Waals surface area contributed by atoms with Crippen LogP contribution in [-0.4, -0.2) is 24.1 Å². The Bertz CT molecular complexity index is 775. The molecule has 0 bridgehead atoms. The van der Waals surface area contributed by atoms with Crippen LogP contribution in [0.15, 0.2) is 42.5 Å². The number of ketones is 2. The molecule has 118 valence electrons. The molecule has 1 fully saturated rings. The third-order valence-electron chi connectivity index (χ3n) is 4.48. The molecule has 0 radical (unpaired) electrons. The van der Waals surface area contributed by atoms with E-state index >= 15 is 0 Å². The van der Waals surface area contributed by atoms with Crippen molar-refractivity contribution in [1.82, 2.24) is 0 Å². The molecule has 0 aliphatic carbocycles. The van der Waals surface area contributed by atoms with Crippen molar-refractivity contribution >= 4 is 28.3 Å². The van der Waals surface area contributed by atoms with E-state index in [1.807, 2.05) is 42.5 Å². The van der Waals surface area contributed by atoms with Crippen molar-refractivity contribution in [1.29, 1.82) is 0 Å². The fourth-order valence-corrected chi connectivity index (χ4v) is 3.11. The Kier molecular flexibility index (Phi) is 3.99. The van der Waals surface area contributed by atoms with E-state index < -0.39 is 11.4 Å². The molecule has 23 heavy (non-hydrogen) atoms. The fourth-order valence-electron chi connectivity index (χ4n) is 3.11. The summed E-state index contributed by atoms with van der Waals surface area (Å²) in [5.41, 5.74) is -0.312. The van der Waals surface area contributed by atoms with Crippen molar-refractivity contribution < 1.29 is 19.1 Å². The molecular formula is C19H18O4. The minimum Gasteiger partial charge on any atom is -0.457 e. The zero-order valence-electron chi connectivity index (χ0n) is 13.0. The number of esters is 1. The number of hydrogen-bond donors (Lipinski definition) is 0. The van der Waals surface area contributed by atoms with E-state index in [1.54, 1.807) is 0 Å². The number of benzene rings is 2. The highest BCUT2D eigenvalue weighted by Crippen LogP contribution is 2.36. The molecule has 0 aromatic heterocycles. The topological polar surface area (TPSA) is 60.4 Å². The first kappa shape index (κ1) is 15.4. The number of Topliss-reactive ketones (excluding diaryl/α,β-unsaturated/α-hetero) is 2. The van der Waals surface area contributed by atoms with Gasteiger partial charge in [-0.25, -0.2) is 0 Å². The Balaban J connectivity index is 1.95. The summed E-state index contributed by atoms with van der Waals surface area (Å²) in [4.78, 5) is 35.9. The van der Waals surface area contributed by atoms with Gasteiger partial charge >= 0.3 is 5.97 Å². The Morgan fingerprint density at radius 1 is 1.13 bits per heavy atom. The zero-order valence-corrected chi connectivity index (χ0v) is 13.0. The van der Waals surface area contributed by atoms with Crippen molar-refractivity contribution in [2.24, 2.45) is 5.41 Å². The smallest absolute Gasteiger partial charge is 0.320 e. The molecule has 3 rings (SSSR count). The monoisotopic (exact) mass is 310 g/mol. The molecule has 0 N–H and O–H groups in total. The van der Waals surface area contributed by atoms with Crippen LogP contribution in [0.5, 0.6) is 0 Å². The predicted octanol–water partition coefficient (Wildman–Crippen LogP) is 2.86. The Hall–Kier alpha value is -2.49. The highest BCUT2D eigenvalue weighted by Gasteiger charge is 2.51. The van der Waals surface area contributed by atoms with Gasteiger partial charge in [0.05, 0.1) is 0 Å². The molecule has 1 heterocycles. The van der Waals surface area contributed by atoms with Crippen LogP contribution in [-0.2, 0) is 25.5 Å². The Labute approximate surface area is 134 Å². The molecule has 2 aromatic carbocycles. The summed E-state index contributed by atoms with van der Waals surface area (Å²) >= 11 is 0. The first-order valence-electron chi connectivity index (χ1n) is 7.69. The number of fused-ring (bicyclic) bond motifs is 1. The summed E-state index contributed by atoms with van der Waals surface area (Å²) in [7, 11) is 0. The second kappa shape index (κ2) is 5.95.